The number of ketones is 1. The molecule has 2 aliphatic heterocycles. The van der Waals surface area contributed by atoms with E-state index in [1.165, 1.54) is 5.69 Å². The van der Waals surface area contributed by atoms with E-state index in [1.54, 1.807) is 18.2 Å². The largest absolute Gasteiger partial charge is 0.486 e. The van der Waals surface area contributed by atoms with Crippen molar-refractivity contribution in [2.24, 2.45) is 0 Å². The van der Waals surface area contributed by atoms with Crippen LogP contribution in [0.3, 0.4) is 0 Å². The van der Waals surface area contributed by atoms with Gasteiger partial charge in [0, 0.05) is 55.6 Å². The number of ether oxygens (including phenoxy) is 2. The molecule has 4 aromatic rings. The van der Waals surface area contributed by atoms with Gasteiger partial charge in [0.25, 0.3) is 0 Å². The number of nitrogens with zero attached hydrogens (tertiary/aromatic N) is 3. The van der Waals surface area contributed by atoms with Crippen LogP contribution in [-0.2, 0) is 6.54 Å². The molecule has 0 amide bonds. The van der Waals surface area contributed by atoms with Crippen LogP contribution in [0.5, 0.6) is 11.5 Å². The van der Waals surface area contributed by atoms with Crippen LogP contribution in [0.4, 0.5) is 5.69 Å². The van der Waals surface area contributed by atoms with Crippen LogP contribution in [0.15, 0.2) is 65.2 Å². The van der Waals surface area contributed by atoms with E-state index >= 15 is 0 Å². The third-order valence-electron chi connectivity index (χ3n) is 6.74. The second-order valence-electron chi connectivity index (χ2n) is 9.01. The van der Waals surface area contributed by atoms with Crippen LogP contribution in [0.1, 0.15) is 27.4 Å². The molecule has 0 spiro atoms. The van der Waals surface area contributed by atoms with Crippen molar-refractivity contribution < 1.29 is 18.7 Å². The van der Waals surface area contributed by atoms with Gasteiger partial charge >= 0.3 is 0 Å². The molecule has 6 rings (SSSR count). The van der Waals surface area contributed by atoms with Crippen molar-refractivity contribution in [1.29, 1.82) is 0 Å². The molecular weight excluding hydrogens is 478 g/mol. The predicted octanol–water partition coefficient (Wildman–Crippen LogP) is 4.88. The van der Waals surface area contributed by atoms with E-state index in [4.69, 9.17) is 13.9 Å². The standard InChI is InChI=1S/C28H27N3O4.ClH/c1-19-28-23(16-26(35-28)27(32)20-7-8-24-25(15-20)34-14-13-33-24)21(17-29-19)18-30-9-11-31(12-10-30)22-5-3-2-4-6-22;/h2-8,15-17H,9-14,18H2,1H3;1H. The first-order valence-electron chi connectivity index (χ1n) is 12.0. The molecule has 36 heavy (non-hydrogen) atoms. The number of para-hydroxylation sites is 1. The summed E-state index contributed by atoms with van der Waals surface area (Å²) in [6, 6.07) is 17.6. The summed E-state index contributed by atoms with van der Waals surface area (Å²) in [6.07, 6.45) is 1.91. The first-order chi connectivity index (χ1) is 17.2. The first kappa shape index (κ1) is 24.2. The maximum Gasteiger partial charge on any atom is 0.228 e. The van der Waals surface area contributed by atoms with Gasteiger partial charge in [-0.1, -0.05) is 18.2 Å². The van der Waals surface area contributed by atoms with Crippen molar-refractivity contribution in [2.45, 2.75) is 13.5 Å². The van der Waals surface area contributed by atoms with Gasteiger partial charge in [0.1, 0.15) is 13.2 Å². The highest BCUT2D eigenvalue weighted by Crippen LogP contribution is 2.33. The molecule has 2 aliphatic rings. The summed E-state index contributed by atoms with van der Waals surface area (Å²) in [5, 5.41) is 0.948. The highest BCUT2D eigenvalue weighted by atomic mass is 35.5. The second-order valence-corrected chi connectivity index (χ2v) is 9.01. The molecule has 8 heteroatoms. The molecule has 0 aliphatic carbocycles. The Kier molecular flexibility index (Phi) is 6.85. The molecule has 4 heterocycles. The number of rotatable bonds is 5. The maximum absolute atomic E-state index is 13.3. The monoisotopic (exact) mass is 505 g/mol. The van der Waals surface area contributed by atoms with Crippen LogP contribution in [0, 0.1) is 6.92 Å². The lowest BCUT2D eigenvalue weighted by Crippen LogP contribution is -2.46. The van der Waals surface area contributed by atoms with Gasteiger partial charge in [0.2, 0.25) is 5.78 Å². The van der Waals surface area contributed by atoms with Crippen molar-refractivity contribution >= 4 is 34.8 Å². The second kappa shape index (κ2) is 10.2. The molecule has 0 atom stereocenters. The predicted molar refractivity (Wildman–Crippen MR) is 141 cm³/mol. The summed E-state index contributed by atoms with van der Waals surface area (Å²) in [5.74, 6) is 1.38. The van der Waals surface area contributed by atoms with E-state index in [9.17, 15) is 4.79 Å². The Balaban J connectivity index is 0.00000267. The Morgan fingerprint density at radius 1 is 0.944 bits per heavy atom. The van der Waals surface area contributed by atoms with E-state index < -0.39 is 0 Å². The van der Waals surface area contributed by atoms with E-state index in [-0.39, 0.29) is 18.2 Å². The average molecular weight is 506 g/mol. The van der Waals surface area contributed by atoms with Crippen molar-refractivity contribution in [3.05, 3.63) is 83.4 Å². The molecule has 0 N–H and O–H groups in total. The summed E-state index contributed by atoms with van der Waals surface area (Å²) < 4.78 is 17.3. The number of carbonyl (C=O) groups excluding carboxylic acids is 1. The fraction of sp³-hybridized carbons (Fsp3) is 0.286. The fourth-order valence-electron chi connectivity index (χ4n) is 4.81. The highest BCUT2D eigenvalue weighted by molar-refractivity contribution is 6.09. The number of anilines is 1. The van der Waals surface area contributed by atoms with Gasteiger partial charge < -0.3 is 18.8 Å². The lowest BCUT2D eigenvalue weighted by Gasteiger charge is -2.36. The SMILES string of the molecule is Cc1ncc(CN2CCN(c3ccccc3)CC2)c2cc(C(=O)c3ccc4c(c3)OCCO4)oc12.Cl. The minimum atomic E-state index is -0.181. The van der Waals surface area contributed by atoms with Gasteiger partial charge in [0.05, 0.1) is 5.69 Å². The average Bonchev–Trinajstić information content (AvgIpc) is 3.37. The molecular formula is C28H28ClN3O4. The molecule has 1 saturated heterocycles. The number of hydrogen-bond acceptors (Lipinski definition) is 7. The van der Waals surface area contributed by atoms with Crippen LogP contribution in [-0.4, -0.2) is 55.1 Å². The molecule has 2 aromatic carbocycles. The number of hydrogen-bond donors (Lipinski definition) is 0. The topological polar surface area (TPSA) is 68.0 Å². The van der Waals surface area contributed by atoms with E-state index in [2.05, 4.69) is 39.0 Å². The number of fused-ring (bicyclic) bond motifs is 2. The summed E-state index contributed by atoms with van der Waals surface area (Å²) in [6.45, 7) is 7.55. The zero-order valence-corrected chi connectivity index (χ0v) is 20.9. The summed E-state index contributed by atoms with van der Waals surface area (Å²) in [7, 11) is 0. The van der Waals surface area contributed by atoms with E-state index in [0.29, 0.717) is 41.6 Å². The van der Waals surface area contributed by atoms with E-state index in [1.807, 2.05) is 25.3 Å². The zero-order valence-electron chi connectivity index (χ0n) is 20.1. The fourth-order valence-corrected chi connectivity index (χ4v) is 4.81. The lowest BCUT2D eigenvalue weighted by molar-refractivity contribution is 0.101. The third kappa shape index (κ3) is 4.64. The number of benzene rings is 2. The quantitative estimate of drug-likeness (QED) is 0.358. The molecule has 0 radical (unpaired) electrons. The maximum atomic E-state index is 13.3. The Bertz CT molecular complexity index is 1380. The summed E-state index contributed by atoms with van der Waals surface area (Å²) >= 11 is 0. The zero-order chi connectivity index (χ0) is 23.8. The van der Waals surface area contributed by atoms with Crippen LogP contribution < -0.4 is 14.4 Å². The molecule has 1 fully saturated rings. The normalized spacial score (nSPS) is 15.5. The minimum Gasteiger partial charge on any atom is -0.486 e. The van der Waals surface area contributed by atoms with Crippen LogP contribution in [0.2, 0.25) is 0 Å². The van der Waals surface area contributed by atoms with E-state index in [0.717, 1.165) is 49.4 Å². The Hall–Kier alpha value is -3.55. The molecule has 0 saturated carbocycles. The summed E-state index contributed by atoms with van der Waals surface area (Å²) in [4.78, 5) is 22.7. The van der Waals surface area contributed by atoms with Crippen molar-refractivity contribution in [3.8, 4) is 11.5 Å². The third-order valence-corrected chi connectivity index (χ3v) is 6.74. The molecule has 0 bridgehead atoms. The van der Waals surface area contributed by atoms with Gasteiger partial charge in [-0.25, -0.2) is 0 Å². The van der Waals surface area contributed by atoms with Crippen molar-refractivity contribution in [1.82, 2.24) is 9.88 Å². The highest BCUT2D eigenvalue weighted by Gasteiger charge is 2.23. The van der Waals surface area contributed by atoms with Gasteiger partial charge in [0.15, 0.2) is 22.8 Å². The van der Waals surface area contributed by atoms with Crippen LogP contribution >= 0.6 is 12.4 Å². The lowest BCUT2D eigenvalue weighted by atomic mass is 10.1. The number of furan rings is 1. The molecule has 2 aromatic heterocycles. The summed E-state index contributed by atoms with van der Waals surface area (Å²) in [5.41, 5.74) is 4.30. The number of aryl methyl sites for hydroxylation is 1. The Morgan fingerprint density at radius 3 is 2.47 bits per heavy atom. The number of pyridine rings is 1. The minimum absolute atomic E-state index is 0. The smallest absolute Gasteiger partial charge is 0.228 e. The van der Waals surface area contributed by atoms with Gasteiger partial charge in [-0.3, -0.25) is 14.7 Å². The van der Waals surface area contributed by atoms with Crippen LogP contribution in [0.25, 0.3) is 11.0 Å². The van der Waals surface area contributed by atoms with Crippen molar-refractivity contribution in [2.75, 3.05) is 44.3 Å². The molecule has 186 valence electrons. The number of piperazine rings is 1. The van der Waals surface area contributed by atoms with Gasteiger partial charge in [-0.05, 0) is 48.9 Å². The number of halogens is 1. The van der Waals surface area contributed by atoms with Gasteiger partial charge in [-0.15, -0.1) is 12.4 Å². The van der Waals surface area contributed by atoms with Crippen molar-refractivity contribution in [3.63, 3.8) is 0 Å². The van der Waals surface area contributed by atoms with Gasteiger partial charge in [-0.2, -0.15) is 0 Å². The molecule has 7 nitrogen and oxygen atoms in total. The first-order valence-corrected chi connectivity index (χ1v) is 12.0. The Morgan fingerprint density at radius 2 is 1.69 bits per heavy atom. The number of aromatic nitrogens is 1. The number of carbonyl (C=O) groups is 1. The Labute approximate surface area is 216 Å². The molecule has 0 unspecified atom stereocenters.